The highest BCUT2D eigenvalue weighted by Gasteiger charge is 2.39. The number of benzene rings is 1. The van der Waals surface area contributed by atoms with Crippen molar-refractivity contribution in [3.8, 4) is 0 Å². The number of anilines is 1. The molecule has 2 aliphatic rings. The van der Waals surface area contributed by atoms with Gasteiger partial charge in [0.05, 0.1) is 11.1 Å². The number of nitrogens with one attached hydrogen (secondary N) is 2. The first-order chi connectivity index (χ1) is 16.1. The van der Waals surface area contributed by atoms with E-state index in [1.54, 1.807) is 0 Å². The minimum Gasteiger partial charge on any atom is -0.345 e. The highest BCUT2D eigenvalue weighted by Crippen LogP contribution is 2.44. The summed E-state index contributed by atoms with van der Waals surface area (Å²) >= 11 is 0. The Labute approximate surface area is 199 Å². The number of carbonyl (C=O) groups excluding carboxylic acids is 1. The van der Waals surface area contributed by atoms with Gasteiger partial charge < -0.3 is 10.2 Å². The SMILES string of the molecule is CC.CC.CCN1CCC(c2ccc(C3(Nc4ncc(C(=O)NN)cn4)CCC3)cc2)CC1. The van der Waals surface area contributed by atoms with E-state index in [1.807, 2.05) is 27.7 Å². The monoisotopic (exact) mass is 454 g/mol. The van der Waals surface area contributed by atoms with Crippen molar-refractivity contribution in [1.82, 2.24) is 20.3 Å². The zero-order valence-corrected chi connectivity index (χ0v) is 21.0. The van der Waals surface area contributed by atoms with Crippen LogP contribution in [0.4, 0.5) is 5.95 Å². The van der Waals surface area contributed by atoms with E-state index in [1.165, 1.54) is 55.9 Å². The van der Waals surface area contributed by atoms with Gasteiger partial charge in [0.15, 0.2) is 0 Å². The molecule has 2 fully saturated rings. The van der Waals surface area contributed by atoms with Gasteiger partial charge in [0.2, 0.25) is 5.95 Å². The molecular weight excluding hydrogens is 412 g/mol. The summed E-state index contributed by atoms with van der Waals surface area (Å²) in [6.07, 6.45) is 8.76. The van der Waals surface area contributed by atoms with Crippen LogP contribution < -0.4 is 16.6 Å². The number of rotatable bonds is 6. The molecule has 7 heteroatoms. The van der Waals surface area contributed by atoms with Gasteiger partial charge in [0, 0.05) is 12.4 Å². The van der Waals surface area contributed by atoms with Crippen molar-refractivity contribution >= 4 is 11.9 Å². The molecule has 182 valence electrons. The van der Waals surface area contributed by atoms with E-state index in [2.05, 4.69) is 56.8 Å². The minimum atomic E-state index is -0.393. The molecule has 1 aromatic heterocycles. The lowest BCUT2D eigenvalue weighted by Crippen LogP contribution is -2.42. The van der Waals surface area contributed by atoms with E-state index in [-0.39, 0.29) is 5.54 Å². The van der Waals surface area contributed by atoms with E-state index in [0.29, 0.717) is 17.4 Å². The molecule has 0 radical (unpaired) electrons. The number of hydrogen-bond acceptors (Lipinski definition) is 6. The number of likely N-dealkylation sites (tertiary alicyclic amines) is 1. The smallest absolute Gasteiger partial charge is 0.268 e. The highest BCUT2D eigenvalue weighted by atomic mass is 16.2. The van der Waals surface area contributed by atoms with Crippen LogP contribution in [0.25, 0.3) is 0 Å². The molecule has 0 unspecified atom stereocenters. The van der Waals surface area contributed by atoms with E-state index < -0.39 is 5.91 Å². The van der Waals surface area contributed by atoms with E-state index in [9.17, 15) is 4.79 Å². The second kappa shape index (κ2) is 13.3. The minimum absolute atomic E-state index is 0.123. The Balaban J connectivity index is 0.000000914. The topological polar surface area (TPSA) is 96.2 Å². The summed E-state index contributed by atoms with van der Waals surface area (Å²) in [5.74, 6) is 5.97. The maximum absolute atomic E-state index is 11.6. The fraction of sp³-hybridized carbons (Fsp3) is 0.577. The van der Waals surface area contributed by atoms with Crippen LogP contribution >= 0.6 is 0 Å². The molecule has 1 amide bonds. The maximum Gasteiger partial charge on any atom is 0.268 e. The van der Waals surface area contributed by atoms with Gasteiger partial charge in [-0.25, -0.2) is 15.8 Å². The molecule has 0 spiro atoms. The Morgan fingerprint density at radius 1 is 1.06 bits per heavy atom. The lowest BCUT2D eigenvalue weighted by atomic mass is 9.71. The molecule has 1 aliphatic carbocycles. The third-order valence-corrected chi connectivity index (χ3v) is 6.57. The highest BCUT2D eigenvalue weighted by molar-refractivity contribution is 5.93. The second-order valence-corrected chi connectivity index (χ2v) is 8.16. The largest absolute Gasteiger partial charge is 0.345 e. The maximum atomic E-state index is 11.6. The normalized spacial score (nSPS) is 17.4. The molecule has 1 saturated carbocycles. The standard InChI is InChI=1S/C22H30N6O.2C2H6/c1-2-28-12-8-17(9-13-28)16-4-6-19(7-5-16)22(10-3-11-22)26-21-24-14-18(15-25-21)20(29)27-23;2*1-2/h4-7,14-15,17H,2-3,8-13,23H2,1H3,(H,27,29)(H,24,25,26);2*1-2H3. The van der Waals surface area contributed by atoms with Crippen LogP contribution in [-0.2, 0) is 5.54 Å². The van der Waals surface area contributed by atoms with E-state index >= 15 is 0 Å². The lowest BCUT2D eigenvalue weighted by Gasteiger charge is -2.43. The van der Waals surface area contributed by atoms with Crippen LogP contribution in [0.15, 0.2) is 36.7 Å². The van der Waals surface area contributed by atoms with Crippen LogP contribution in [-0.4, -0.2) is 40.4 Å². The predicted molar refractivity (Wildman–Crippen MR) is 136 cm³/mol. The first kappa shape index (κ1) is 26.7. The van der Waals surface area contributed by atoms with Gasteiger partial charge in [-0.1, -0.05) is 58.9 Å². The Hall–Kier alpha value is -2.51. The molecular formula is C26H42N6O. The number of hydrogen-bond donors (Lipinski definition) is 3. The zero-order valence-electron chi connectivity index (χ0n) is 21.0. The number of amides is 1. The van der Waals surface area contributed by atoms with Gasteiger partial charge >= 0.3 is 0 Å². The van der Waals surface area contributed by atoms with Gasteiger partial charge in [-0.2, -0.15) is 0 Å². The third-order valence-electron chi connectivity index (χ3n) is 6.57. The summed E-state index contributed by atoms with van der Waals surface area (Å²) in [5, 5.41) is 3.51. The van der Waals surface area contributed by atoms with Gasteiger partial charge in [-0.3, -0.25) is 10.2 Å². The number of nitrogens with two attached hydrogens (primary N) is 1. The molecule has 1 aromatic carbocycles. The lowest BCUT2D eigenvalue weighted by molar-refractivity contribution is 0.0953. The number of piperidine rings is 1. The molecule has 7 nitrogen and oxygen atoms in total. The van der Waals surface area contributed by atoms with Crippen molar-refractivity contribution in [2.45, 2.75) is 78.2 Å². The first-order valence-electron chi connectivity index (χ1n) is 12.6. The molecule has 2 heterocycles. The number of nitrogens with zero attached hydrogens (tertiary/aromatic N) is 3. The average Bonchev–Trinajstić information content (AvgIpc) is 2.89. The number of nitrogen functional groups attached to an aromatic ring is 1. The van der Waals surface area contributed by atoms with E-state index in [0.717, 1.165) is 19.4 Å². The number of aromatic nitrogens is 2. The molecule has 1 aliphatic heterocycles. The van der Waals surface area contributed by atoms with Gasteiger partial charge in [-0.15, -0.1) is 0 Å². The third kappa shape index (κ3) is 6.51. The fourth-order valence-electron chi connectivity index (χ4n) is 4.48. The Kier molecular flexibility index (Phi) is 10.7. The summed E-state index contributed by atoms with van der Waals surface area (Å²) in [6.45, 7) is 13.8. The predicted octanol–water partition coefficient (Wildman–Crippen LogP) is 4.82. The van der Waals surface area contributed by atoms with Crippen LogP contribution in [0.5, 0.6) is 0 Å². The van der Waals surface area contributed by atoms with Crippen molar-refractivity contribution in [2.75, 3.05) is 25.0 Å². The summed E-state index contributed by atoms with van der Waals surface area (Å²) in [5.41, 5.74) is 5.05. The quantitative estimate of drug-likeness (QED) is 0.329. The van der Waals surface area contributed by atoms with Crippen molar-refractivity contribution in [1.29, 1.82) is 0 Å². The molecule has 1 saturated heterocycles. The Morgan fingerprint density at radius 2 is 1.64 bits per heavy atom. The number of carbonyl (C=O) groups is 1. The first-order valence-corrected chi connectivity index (χ1v) is 12.6. The van der Waals surface area contributed by atoms with Gasteiger partial charge in [0.1, 0.15) is 0 Å². The van der Waals surface area contributed by atoms with Crippen molar-refractivity contribution in [3.05, 3.63) is 53.3 Å². The van der Waals surface area contributed by atoms with Crippen molar-refractivity contribution < 1.29 is 4.79 Å². The molecule has 2 aromatic rings. The zero-order chi connectivity index (χ0) is 24.3. The Morgan fingerprint density at radius 3 is 2.09 bits per heavy atom. The van der Waals surface area contributed by atoms with Gasteiger partial charge in [-0.05, 0) is 68.8 Å². The summed E-state index contributed by atoms with van der Waals surface area (Å²) in [4.78, 5) is 22.7. The van der Waals surface area contributed by atoms with Crippen LogP contribution in [0.2, 0.25) is 0 Å². The summed E-state index contributed by atoms with van der Waals surface area (Å²) < 4.78 is 0. The van der Waals surface area contributed by atoms with Crippen LogP contribution in [0, 0.1) is 0 Å². The van der Waals surface area contributed by atoms with Crippen LogP contribution in [0.3, 0.4) is 0 Å². The summed E-state index contributed by atoms with van der Waals surface area (Å²) in [7, 11) is 0. The second-order valence-electron chi connectivity index (χ2n) is 8.16. The molecule has 0 bridgehead atoms. The van der Waals surface area contributed by atoms with Crippen molar-refractivity contribution in [2.24, 2.45) is 5.84 Å². The van der Waals surface area contributed by atoms with Gasteiger partial charge in [0.25, 0.3) is 5.91 Å². The molecule has 0 atom stereocenters. The number of hydrazine groups is 1. The average molecular weight is 455 g/mol. The van der Waals surface area contributed by atoms with E-state index in [4.69, 9.17) is 5.84 Å². The molecule has 4 rings (SSSR count). The Bertz CT molecular complexity index is 825. The summed E-state index contributed by atoms with van der Waals surface area (Å²) in [6, 6.07) is 9.14. The fourth-order valence-corrected chi connectivity index (χ4v) is 4.48. The van der Waals surface area contributed by atoms with Crippen molar-refractivity contribution in [3.63, 3.8) is 0 Å². The molecule has 33 heavy (non-hydrogen) atoms. The van der Waals surface area contributed by atoms with Crippen LogP contribution in [0.1, 0.15) is 94.1 Å². The molecule has 4 N–H and O–H groups in total.